The summed E-state index contributed by atoms with van der Waals surface area (Å²) >= 11 is 0. The average molecular weight is 361 g/mol. The fourth-order valence-corrected chi connectivity index (χ4v) is 4.18. The quantitative estimate of drug-likeness (QED) is 0.687. The Morgan fingerprint density at radius 1 is 1.07 bits per heavy atom. The highest BCUT2D eigenvalue weighted by molar-refractivity contribution is 5.76. The molecule has 0 N–H and O–H groups in total. The lowest BCUT2D eigenvalue weighted by Crippen LogP contribution is -2.39. The van der Waals surface area contributed by atoms with Gasteiger partial charge in [0.15, 0.2) is 0 Å². The summed E-state index contributed by atoms with van der Waals surface area (Å²) in [5.41, 5.74) is 4.54. The van der Waals surface area contributed by atoms with Crippen LogP contribution in [-0.2, 0) is 17.6 Å². The van der Waals surface area contributed by atoms with Crippen LogP contribution in [0.4, 0.5) is 0 Å². The van der Waals surface area contributed by atoms with Crippen LogP contribution in [-0.4, -0.2) is 33.3 Å². The van der Waals surface area contributed by atoms with E-state index in [-0.39, 0.29) is 5.91 Å². The molecule has 3 aromatic rings. The number of nitrogens with zero attached hydrogens (tertiary/aromatic N) is 3. The molecule has 1 saturated heterocycles. The molecule has 1 aliphatic heterocycles. The lowest BCUT2D eigenvalue weighted by molar-refractivity contribution is -0.132. The topological polar surface area (TPSA) is 37.6 Å². The number of fused-ring (bicyclic) bond motifs is 1. The van der Waals surface area contributed by atoms with Crippen molar-refractivity contribution in [2.45, 2.75) is 39.0 Å². The van der Waals surface area contributed by atoms with E-state index in [0.29, 0.717) is 12.3 Å². The summed E-state index contributed by atoms with van der Waals surface area (Å²) in [6, 6.07) is 16.7. The fraction of sp³-hybridized carbons (Fsp3) is 0.391. The van der Waals surface area contributed by atoms with Gasteiger partial charge in [-0.05, 0) is 56.2 Å². The van der Waals surface area contributed by atoms with Gasteiger partial charge in [-0.3, -0.25) is 4.79 Å². The maximum absolute atomic E-state index is 12.7. The highest BCUT2D eigenvalue weighted by Gasteiger charge is 2.23. The van der Waals surface area contributed by atoms with E-state index in [9.17, 15) is 4.79 Å². The zero-order chi connectivity index (χ0) is 18.6. The Morgan fingerprint density at radius 2 is 1.81 bits per heavy atom. The van der Waals surface area contributed by atoms with Crippen LogP contribution < -0.4 is 0 Å². The Hall–Kier alpha value is -2.62. The molecule has 1 aliphatic rings. The number of rotatable bonds is 5. The van der Waals surface area contributed by atoms with Gasteiger partial charge in [0.25, 0.3) is 0 Å². The molecule has 0 aliphatic carbocycles. The molecule has 0 spiro atoms. The van der Waals surface area contributed by atoms with E-state index in [0.717, 1.165) is 55.8 Å². The van der Waals surface area contributed by atoms with Gasteiger partial charge in [0.1, 0.15) is 5.65 Å². The third-order valence-electron chi connectivity index (χ3n) is 5.74. The lowest BCUT2D eigenvalue weighted by Gasteiger charge is -2.32. The largest absolute Gasteiger partial charge is 0.343 e. The molecule has 4 heteroatoms. The molecule has 1 fully saturated rings. The maximum atomic E-state index is 12.7. The monoisotopic (exact) mass is 361 g/mol. The zero-order valence-corrected chi connectivity index (χ0v) is 16.0. The minimum atomic E-state index is 0.276. The van der Waals surface area contributed by atoms with E-state index in [1.165, 1.54) is 5.56 Å². The van der Waals surface area contributed by atoms with Gasteiger partial charge in [-0.25, -0.2) is 4.98 Å². The van der Waals surface area contributed by atoms with Crippen molar-refractivity contribution < 1.29 is 4.79 Å². The van der Waals surface area contributed by atoms with Gasteiger partial charge in [-0.2, -0.15) is 0 Å². The summed E-state index contributed by atoms with van der Waals surface area (Å²) < 4.78 is 2.11. The highest BCUT2D eigenvalue weighted by Crippen LogP contribution is 2.22. The van der Waals surface area contributed by atoms with Crippen molar-refractivity contribution in [3.05, 3.63) is 71.7 Å². The minimum absolute atomic E-state index is 0.276. The SMILES string of the molecule is Cc1nc2ccccn2c1CCC(=O)N1CCC(Cc2ccccc2)CC1. The molecule has 0 bridgehead atoms. The van der Waals surface area contributed by atoms with Crippen LogP contribution in [0.5, 0.6) is 0 Å². The summed E-state index contributed by atoms with van der Waals surface area (Å²) in [6.07, 6.45) is 6.69. The van der Waals surface area contributed by atoms with Crippen molar-refractivity contribution in [1.82, 2.24) is 14.3 Å². The predicted molar refractivity (Wildman–Crippen MR) is 108 cm³/mol. The van der Waals surface area contributed by atoms with Gasteiger partial charge in [0.05, 0.1) is 5.69 Å². The molecule has 1 amide bonds. The van der Waals surface area contributed by atoms with Crippen LogP contribution in [0, 0.1) is 12.8 Å². The first-order valence-electron chi connectivity index (χ1n) is 9.95. The smallest absolute Gasteiger partial charge is 0.222 e. The molecule has 0 atom stereocenters. The summed E-state index contributed by atoms with van der Waals surface area (Å²) in [7, 11) is 0. The highest BCUT2D eigenvalue weighted by atomic mass is 16.2. The molecule has 0 saturated carbocycles. The van der Waals surface area contributed by atoms with Crippen molar-refractivity contribution >= 4 is 11.6 Å². The number of carbonyl (C=O) groups excluding carboxylic acids is 1. The number of benzene rings is 1. The van der Waals surface area contributed by atoms with Crippen molar-refractivity contribution in [3.63, 3.8) is 0 Å². The number of aromatic nitrogens is 2. The van der Waals surface area contributed by atoms with Gasteiger partial charge in [-0.15, -0.1) is 0 Å². The number of amides is 1. The Bertz CT molecular complexity index is 908. The van der Waals surface area contributed by atoms with Crippen LogP contribution in [0.2, 0.25) is 0 Å². The van der Waals surface area contributed by atoms with E-state index in [4.69, 9.17) is 0 Å². The van der Waals surface area contributed by atoms with Gasteiger partial charge in [0, 0.05) is 31.4 Å². The van der Waals surface area contributed by atoms with Gasteiger partial charge in [-0.1, -0.05) is 36.4 Å². The van der Waals surface area contributed by atoms with E-state index >= 15 is 0 Å². The van der Waals surface area contributed by atoms with Crippen LogP contribution >= 0.6 is 0 Å². The van der Waals surface area contributed by atoms with Crippen molar-refractivity contribution in [2.24, 2.45) is 5.92 Å². The Labute approximate surface area is 160 Å². The second-order valence-corrected chi connectivity index (χ2v) is 7.59. The van der Waals surface area contributed by atoms with E-state index < -0.39 is 0 Å². The van der Waals surface area contributed by atoms with Crippen LogP contribution in [0.25, 0.3) is 5.65 Å². The second kappa shape index (κ2) is 7.95. The normalized spacial score (nSPS) is 15.4. The van der Waals surface area contributed by atoms with E-state index in [1.807, 2.05) is 31.3 Å². The van der Waals surface area contributed by atoms with Crippen molar-refractivity contribution in [2.75, 3.05) is 13.1 Å². The summed E-state index contributed by atoms with van der Waals surface area (Å²) in [5, 5.41) is 0. The van der Waals surface area contributed by atoms with E-state index in [1.54, 1.807) is 0 Å². The number of hydrogen-bond donors (Lipinski definition) is 0. The Balaban J connectivity index is 1.30. The Morgan fingerprint density at radius 3 is 2.59 bits per heavy atom. The van der Waals surface area contributed by atoms with E-state index in [2.05, 4.69) is 44.6 Å². The molecule has 140 valence electrons. The van der Waals surface area contributed by atoms with Crippen LogP contribution in [0.1, 0.15) is 36.2 Å². The first kappa shape index (κ1) is 17.8. The fourth-order valence-electron chi connectivity index (χ4n) is 4.18. The van der Waals surface area contributed by atoms with Gasteiger partial charge < -0.3 is 9.30 Å². The third kappa shape index (κ3) is 4.05. The molecule has 0 unspecified atom stereocenters. The number of piperidine rings is 1. The molecule has 1 aromatic carbocycles. The number of likely N-dealkylation sites (tertiary alicyclic amines) is 1. The average Bonchev–Trinajstić information content (AvgIpc) is 3.02. The van der Waals surface area contributed by atoms with Crippen molar-refractivity contribution in [3.8, 4) is 0 Å². The zero-order valence-electron chi connectivity index (χ0n) is 16.0. The second-order valence-electron chi connectivity index (χ2n) is 7.59. The van der Waals surface area contributed by atoms with Gasteiger partial charge >= 0.3 is 0 Å². The van der Waals surface area contributed by atoms with Crippen LogP contribution in [0.15, 0.2) is 54.7 Å². The van der Waals surface area contributed by atoms with Gasteiger partial charge in [0.2, 0.25) is 5.91 Å². The molecule has 0 radical (unpaired) electrons. The summed E-state index contributed by atoms with van der Waals surface area (Å²) in [6.45, 7) is 3.81. The molecule has 27 heavy (non-hydrogen) atoms. The molecule has 4 nitrogen and oxygen atoms in total. The summed E-state index contributed by atoms with van der Waals surface area (Å²) in [4.78, 5) is 19.3. The molecule has 3 heterocycles. The number of hydrogen-bond acceptors (Lipinski definition) is 2. The molecular formula is C23H27N3O. The first-order chi connectivity index (χ1) is 13.2. The number of imidazole rings is 1. The molecule has 2 aromatic heterocycles. The van der Waals surface area contributed by atoms with Crippen molar-refractivity contribution in [1.29, 1.82) is 0 Å². The lowest BCUT2D eigenvalue weighted by atomic mass is 9.90. The maximum Gasteiger partial charge on any atom is 0.222 e. The predicted octanol–water partition coefficient (Wildman–Crippen LogP) is 4.06. The summed E-state index contributed by atoms with van der Waals surface area (Å²) in [5.74, 6) is 0.968. The molecule has 4 rings (SSSR count). The minimum Gasteiger partial charge on any atom is -0.343 e. The van der Waals surface area contributed by atoms with Crippen LogP contribution in [0.3, 0.4) is 0 Å². The first-order valence-corrected chi connectivity index (χ1v) is 9.95. The number of carbonyl (C=O) groups is 1. The Kier molecular flexibility index (Phi) is 5.23. The number of pyridine rings is 1. The third-order valence-corrected chi connectivity index (χ3v) is 5.74. The molecular weight excluding hydrogens is 334 g/mol. The number of aryl methyl sites for hydroxylation is 2. The standard InChI is InChI=1S/C23H27N3O/c1-18-21(26-14-6-5-9-22(26)24-18)10-11-23(27)25-15-12-20(13-16-25)17-19-7-3-2-4-8-19/h2-9,14,20H,10-13,15-17H2,1H3.